The first-order chi connectivity index (χ1) is 14.7. The van der Waals surface area contributed by atoms with Crippen LogP contribution in [0.2, 0.25) is 0 Å². The molecule has 30 heavy (non-hydrogen) atoms. The van der Waals surface area contributed by atoms with Gasteiger partial charge in [0.2, 0.25) is 0 Å². The maximum absolute atomic E-state index is 12.4. The maximum Gasteiger partial charge on any atom is 0.409 e. The molecule has 0 bridgehead atoms. The Bertz CT molecular complexity index is 786. The Morgan fingerprint density at radius 2 is 1.77 bits per heavy atom. The molecule has 0 radical (unpaired) electrons. The third kappa shape index (κ3) is 5.54. The fourth-order valence-corrected chi connectivity index (χ4v) is 4.16. The molecular weight excluding hydrogens is 376 g/mol. The van der Waals surface area contributed by atoms with Crippen LogP contribution in [-0.2, 0) is 16.7 Å². The van der Waals surface area contributed by atoms with Gasteiger partial charge in [-0.25, -0.2) is 4.79 Å². The van der Waals surface area contributed by atoms with Gasteiger partial charge < -0.3 is 19.7 Å². The molecule has 2 aromatic rings. The summed E-state index contributed by atoms with van der Waals surface area (Å²) in [6, 6.07) is 18.8. The van der Waals surface area contributed by atoms with Crippen LogP contribution in [0.5, 0.6) is 5.75 Å². The average molecular weight is 411 g/mol. The van der Waals surface area contributed by atoms with Gasteiger partial charge in [-0.05, 0) is 30.9 Å². The maximum atomic E-state index is 12.4. The van der Waals surface area contributed by atoms with E-state index in [0.29, 0.717) is 6.61 Å². The van der Waals surface area contributed by atoms with Crippen LogP contribution in [0.4, 0.5) is 4.79 Å². The van der Waals surface area contributed by atoms with E-state index in [9.17, 15) is 4.79 Å². The van der Waals surface area contributed by atoms with Crippen molar-refractivity contribution in [3.8, 4) is 5.75 Å². The molecule has 5 nitrogen and oxygen atoms in total. The van der Waals surface area contributed by atoms with Crippen molar-refractivity contribution < 1.29 is 14.3 Å². The van der Waals surface area contributed by atoms with Gasteiger partial charge in [-0.2, -0.15) is 0 Å². The van der Waals surface area contributed by atoms with Crippen molar-refractivity contribution >= 4 is 6.09 Å². The lowest BCUT2D eigenvalue weighted by Gasteiger charge is -2.42. The predicted molar refractivity (Wildman–Crippen MR) is 120 cm³/mol. The second-order valence-electron chi connectivity index (χ2n) is 8.02. The molecule has 1 aliphatic heterocycles. The second kappa shape index (κ2) is 11.0. The summed E-state index contributed by atoms with van der Waals surface area (Å²) in [5.74, 6) is 0.906. The molecular formula is C25H34N2O3. The van der Waals surface area contributed by atoms with Crippen molar-refractivity contribution in [1.29, 1.82) is 0 Å². The number of nitrogens with one attached hydrogen (secondary N) is 1. The number of carbonyl (C=O) groups is 1. The molecule has 0 atom stereocenters. The van der Waals surface area contributed by atoms with Gasteiger partial charge in [0.1, 0.15) is 5.75 Å². The largest absolute Gasteiger partial charge is 0.496 e. The van der Waals surface area contributed by atoms with E-state index in [1.165, 1.54) is 5.56 Å². The Balaban J connectivity index is 1.64. The summed E-state index contributed by atoms with van der Waals surface area (Å²) >= 11 is 0. The molecule has 0 aliphatic carbocycles. The summed E-state index contributed by atoms with van der Waals surface area (Å²) in [4.78, 5) is 14.2. The first kappa shape index (κ1) is 22.2. The third-order valence-electron chi connectivity index (χ3n) is 6.06. The monoisotopic (exact) mass is 410 g/mol. The van der Waals surface area contributed by atoms with Crippen molar-refractivity contribution in [2.24, 2.45) is 0 Å². The van der Waals surface area contributed by atoms with Gasteiger partial charge in [-0.3, -0.25) is 0 Å². The number of benzene rings is 2. The lowest BCUT2D eigenvalue weighted by atomic mass is 9.72. The molecule has 0 saturated carbocycles. The van der Waals surface area contributed by atoms with Crippen LogP contribution in [-0.4, -0.2) is 44.3 Å². The number of hydrogen-bond donors (Lipinski definition) is 1. The zero-order valence-corrected chi connectivity index (χ0v) is 18.2. The lowest BCUT2D eigenvalue weighted by molar-refractivity contribution is 0.0810. The minimum atomic E-state index is -0.174. The summed E-state index contributed by atoms with van der Waals surface area (Å²) in [5, 5.41) is 3.66. The zero-order valence-electron chi connectivity index (χ0n) is 18.2. The van der Waals surface area contributed by atoms with Gasteiger partial charge in [0.15, 0.2) is 0 Å². The highest BCUT2D eigenvalue weighted by Gasteiger charge is 2.37. The minimum Gasteiger partial charge on any atom is -0.496 e. The zero-order chi connectivity index (χ0) is 21.2. The first-order valence-electron chi connectivity index (χ1n) is 11.0. The molecule has 0 unspecified atom stereocenters. The SMILES string of the molecule is CCCCOC(=O)N1CCC(CNCc2ccccc2OC)(c2ccccc2)CC1. The number of piperidine rings is 1. The van der Waals surface area contributed by atoms with Gasteiger partial charge in [0, 0.05) is 37.2 Å². The van der Waals surface area contributed by atoms with Crippen LogP contribution in [0.1, 0.15) is 43.7 Å². The summed E-state index contributed by atoms with van der Waals surface area (Å²) in [6.07, 6.45) is 3.60. The number of methoxy groups -OCH3 is 1. The van der Waals surface area contributed by atoms with Crippen LogP contribution in [0.3, 0.4) is 0 Å². The van der Waals surface area contributed by atoms with E-state index in [2.05, 4.69) is 48.6 Å². The molecule has 0 spiro atoms. The van der Waals surface area contributed by atoms with E-state index in [0.717, 1.165) is 63.2 Å². The Morgan fingerprint density at radius 1 is 1.07 bits per heavy atom. The number of likely N-dealkylation sites (tertiary alicyclic amines) is 1. The van der Waals surface area contributed by atoms with E-state index in [1.807, 2.05) is 23.1 Å². The van der Waals surface area contributed by atoms with E-state index in [4.69, 9.17) is 9.47 Å². The molecule has 1 saturated heterocycles. The highest BCUT2D eigenvalue weighted by atomic mass is 16.6. The summed E-state index contributed by atoms with van der Waals surface area (Å²) in [5.41, 5.74) is 2.49. The Kier molecular flexibility index (Phi) is 8.14. The Hall–Kier alpha value is -2.53. The van der Waals surface area contributed by atoms with Crippen LogP contribution >= 0.6 is 0 Å². The summed E-state index contributed by atoms with van der Waals surface area (Å²) in [6.45, 7) is 5.65. The fraction of sp³-hybridized carbons (Fsp3) is 0.480. The van der Waals surface area contributed by atoms with E-state index in [1.54, 1.807) is 7.11 Å². The van der Waals surface area contributed by atoms with Crippen LogP contribution < -0.4 is 10.1 Å². The number of para-hydroxylation sites is 1. The Labute approximate surface area is 180 Å². The molecule has 162 valence electrons. The molecule has 1 amide bonds. The average Bonchev–Trinajstić information content (AvgIpc) is 2.80. The summed E-state index contributed by atoms with van der Waals surface area (Å²) < 4.78 is 10.9. The highest BCUT2D eigenvalue weighted by Crippen LogP contribution is 2.35. The summed E-state index contributed by atoms with van der Waals surface area (Å²) in [7, 11) is 1.71. The Morgan fingerprint density at radius 3 is 2.47 bits per heavy atom. The lowest BCUT2D eigenvalue weighted by Crippen LogP contribution is -2.49. The van der Waals surface area contributed by atoms with Crippen molar-refractivity contribution in [3.05, 3.63) is 65.7 Å². The van der Waals surface area contributed by atoms with E-state index >= 15 is 0 Å². The number of nitrogens with zero attached hydrogens (tertiary/aromatic N) is 1. The number of amides is 1. The van der Waals surface area contributed by atoms with Crippen molar-refractivity contribution in [1.82, 2.24) is 10.2 Å². The van der Waals surface area contributed by atoms with Gasteiger partial charge in [-0.1, -0.05) is 61.9 Å². The van der Waals surface area contributed by atoms with Crippen LogP contribution in [0, 0.1) is 0 Å². The molecule has 1 heterocycles. The predicted octanol–water partition coefficient (Wildman–Crippen LogP) is 4.76. The van der Waals surface area contributed by atoms with Gasteiger partial charge in [0.25, 0.3) is 0 Å². The van der Waals surface area contributed by atoms with Crippen molar-refractivity contribution in [2.45, 2.75) is 44.6 Å². The smallest absolute Gasteiger partial charge is 0.409 e. The molecule has 1 N–H and O–H groups in total. The van der Waals surface area contributed by atoms with Gasteiger partial charge in [0.05, 0.1) is 13.7 Å². The molecule has 1 aliphatic rings. The van der Waals surface area contributed by atoms with Crippen LogP contribution in [0.25, 0.3) is 0 Å². The fourth-order valence-electron chi connectivity index (χ4n) is 4.16. The number of ether oxygens (including phenoxy) is 2. The van der Waals surface area contributed by atoms with Gasteiger partial charge in [-0.15, -0.1) is 0 Å². The number of carbonyl (C=O) groups excluding carboxylic acids is 1. The van der Waals surface area contributed by atoms with E-state index < -0.39 is 0 Å². The van der Waals surface area contributed by atoms with Crippen molar-refractivity contribution in [3.63, 3.8) is 0 Å². The quantitative estimate of drug-likeness (QED) is 0.606. The normalized spacial score (nSPS) is 15.6. The molecule has 3 rings (SSSR count). The van der Waals surface area contributed by atoms with Gasteiger partial charge >= 0.3 is 6.09 Å². The van der Waals surface area contributed by atoms with E-state index in [-0.39, 0.29) is 11.5 Å². The number of rotatable bonds is 9. The third-order valence-corrected chi connectivity index (χ3v) is 6.06. The first-order valence-corrected chi connectivity index (χ1v) is 11.0. The topological polar surface area (TPSA) is 50.8 Å². The molecule has 1 fully saturated rings. The standard InChI is InChI=1S/C25H34N2O3/c1-3-4-18-30-24(28)27-16-14-25(15-17-27,22-11-6-5-7-12-22)20-26-19-21-10-8-9-13-23(21)29-2/h5-13,26H,3-4,14-20H2,1-2H3. The number of unbranched alkanes of at least 4 members (excludes halogenated alkanes) is 1. The molecule has 2 aromatic carbocycles. The number of hydrogen-bond acceptors (Lipinski definition) is 4. The second-order valence-corrected chi connectivity index (χ2v) is 8.02. The molecule has 5 heteroatoms. The van der Waals surface area contributed by atoms with Crippen molar-refractivity contribution in [2.75, 3.05) is 33.4 Å². The minimum absolute atomic E-state index is 0.00345. The highest BCUT2D eigenvalue weighted by molar-refractivity contribution is 5.67. The van der Waals surface area contributed by atoms with Crippen LogP contribution in [0.15, 0.2) is 54.6 Å². The molecule has 0 aromatic heterocycles.